The molecule has 31 heavy (non-hydrogen) atoms. The van der Waals surface area contributed by atoms with E-state index in [1.165, 1.54) is 0 Å². The van der Waals surface area contributed by atoms with Crippen molar-refractivity contribution in [2.45, 2.75) is 6.61 Å². The molecule has 7 heteroatoms. The minimum absolute atomic E-state index is 0.330. The van der Waals surface area contributed by atoms with Gasteiger partial charge in [0.1, 0.15) is 18.1 Å². The summed E-state index contributed by atoms with van der Waals surface area (Å²) in [6.07, 6.45) is 0. The quantitative estimate of drug-likeness (QED) is 0.474. The molecular formula is C24H23N3O4. The van der Waals surface area contributed by atoms with Gasteiger partial charge in [-0.05, 0) is 17.7 Å². The van der Waals surface area contributed by atoms with Crippen LogP contribution in [-0.2, 0) is 6.61 Å². The number of nitrogen functional groups attached to an aromatic ring is 1. The number of ether oxygens (including phenoxy) is 4. The van der Waals surface area contributed by atoms with Gasteiger partial charge >= 0.3 is 0 Å². The third-order valence-electron chi connectivity index (χ3n) is 4.85. The summed E-state index contributed by atoms with van der Waals surface area (Å²) in [6, 6.07) is 19.1. The fourth-order valence-corrected chi connectivity index (χ4v) is 3.32. The summed E-state index contributed by atoms with van der Waals surface area (Å²) in [6.45, 7) is 0.330. The maximum absolute atomic E-state index is 6.18. The SMILES string of the molecule is COc1cc(OCc2ccc3nc(-c4ccccc4)c(N)nc3c2)cc(OC)c1OC. The summed E-state index contributed by atoms with van der Waals surface area (Å²) in [5.74, 6) is 2.56. The number of nitrogens with two attached hydrogens (primary N) is 1. The Bertz CT molecular complexity index is 1190. The zero-order valence-electron chi connectivity index (χ0n) is 17.6. The minimum atomic E-state index is 0.330. The predicted octanol–water partition coefficient (Wildman–Crippen LogP) is 4.48. The van der Waals surface area contributed by atoms with Crippen LogP contribution in [0.4, 0.5) is 5.82 Å². The third kappa shape index (κ3) is 4.16. The Morgan fingerprint density at radius 3 is 2.13 bits per heavy atom. The molecule has 0 fully saturated rings. The lowest BCUT2D eigenvalue weighted by Crippen LogP contribution is -2.01. The smallest absolute Gasteiger partial charge is 0.203 e. The first kappa shape index (κ1) is 20.3. The van der Waals surface area contributed by atoms with Gasteiger partial charge in [0.05, 0.1) is 32.4 Å². The van der Waals surface area contributed by atoms with Crippen LogP contribution in [0, 0.1) is 0 Å². The number of rotatable bonds is 7. The second-order valence-corrected chi connectivity index (χ2v) is 6.80. The van der Waals surface area contributed by atoms with E-state index in [-0.39, 0.29) is 0 Å². The fraction of sp³-hybridized carbons (Fsp3) is 0.167. The predicted molar refractivity (Wildman–Crippen MR) is 120 cm³/mol. The summed E-state index contributed by atoms with van der Waals surface area (Å²) in [4.78, 5) is 9.24. The normalized spacial score (nSPS) is 10.7. The van der Waals surface area contributed by atoms with E-state index in [1.807, 2.05) is 48.5 Å². The van der Waals surface area contributed by atoms with Crippen molar-refractivity contribution in [2.75, 3.05) is 27.1 Å². The third-order valence-corrected chi connectivity index (χ3v) is 4.85. The largest absolute Gasteiger partial charge is 0.493 e. The van der Waals surface area contributed by atoms with E-state index in [1.54, 1.807) is 33.5 Å². The molecule has 2 N–H and O–H groups in total. The highest BCUT2D eigenvalue weighted by Crippen LogP contribution is 2.41. The zero-order chi connectivity index (χ0) is 21.8. The molecule has 0 aliphatic heterocycles. The Labute approximate surface area is 180 Å². The second kappa shape index (κ2) is 8.79. The van der Waals surface area contributed by atoms with Gasteiger partial charge in [0.2, 0.25) is 5.75 Å². The highest BCUT2D eigenvalue weighted by atomic mass is 16.5. The van der Waals surface area contributed by atoms with E-state index in [4.69, 9.17) is 29.7 Å². The Balaban J connectivity index is 1.59. The molecule has 0 aliphatic carbocycles. The molecule has 1 heterocycles. The van der Waals surface area contributed by atoms with Crippen molar-refractivity contribution in [3.05, 3.63) is 66.2 Å². The fourth-order valence-electron chi connectivity index (χ4n) is 3.32. The molecular weight excluding hydrogens is 394 g/mol. The Morgan fingerprint density at radius 1 is 0.774 bits per heavy atom. The molecule has 0 unspecified atom stereocenters. The second-order valence-electron chi connectivity index (χ2n) is 6.80. The van der Waals surface area contributed by atoms with Crippen molar-refractivity contribution in [1.29, 1.82) is 0 Å². The van der Waals surface area contributed by atoms with Gasteiger partial charge in [-0.25, -0.2) is 9.97 Å². The molecule has 0 saturated carbocycles. The van der Waals surface area contributed by atoms with Crippen LogP contribution in [0.15, 0.2) is 60.7 Å². The Morgan fingerprint density at radius 2 is 1.48 bits per heavy atom. The number of benzene rings is 3. The van der Waals surface area contributed by atoms with Crippen molar-refractivity contribution < 1.29 is 18.9 Å². The Kier molecular flexibility index (Phi) is 5.75. The molecule has 0 atom stereocenters. The van der Waals surface area contributed by atoms with E-state index in [9.17, 15) is 0 Å². The lowest BCUT2D eigenvalue weighted by atomic mass is 10.1. The van der Waals surface area contributed by atoms with Crippen LogP contribution in [0.3, 0.4) is 0 Å². The number of hydrogen-bond donors (Lipinski definition) is 1. The van der Waals surface area contributed by atoms with Crippen molar-refractivity contribution in [1.82, 2.24) is 9.97 Å². The van der Waals surface area contributed by atoms with Gasteiger partial charge in [0, 0.05) is 17.7 Å². The number of fused-ring (bicyclic) bond motifs is 1. The van der Waals surface area contributed by atoms with E-state index in [0.717, 1.165) is 16.6 Å². The number of nitrogens with zero attached hydrogens (tertiary/aromatic N) is 2. The average Bonchev–Trinajstić information content (AvgIpc) is 2.81. The van der Waals surface area contributed by atoms with Crippen molar-refractivity contribution in [3.8, 4) is 34.3 Å². The van der Waals surface area contributed by atoms with Crippen LogP contribution in [0.1, 0.15) is 5.56 Å². The minimum Gasteiger partial charge on any atom is -0.493 e. The molecule has 0 amide bonds. The average molecular weight is 417 g/mol. The number of hydrogen-bond acceptors (Lipinski definition) is 7. The van der Waals surface area contributed by atoms with Crippen LogP contribution < -0.4 is 24.7 Å². The van der Waals surface area contributed by atoms with Gasteiger partial charge in [0.25, 0.3) is 0 Å². The van der Waals surface area contributed by atoms with Gasteiger partial charge in [-0.3, -0.25) is 0 Å². The van der Waals surface area contributed by atoms with Crippen molar-refractivity contribution in [3.63, 3.8) is 0 Å². The van der Waals surface area contributed by atoms with Crippen molar-refractivity contribution >= 4 is 16.9 Å². The number of anilines is 1. The molecule has 0 spiro atoms. The van der Waals surface area contributed by atoms with Gasteiger partial charge in [0.15, 0.2) is 17.3 Å². The van der Waals surface area contributed by atoms with Gasteiger partial charge in [-0.15, -0.1) is 0 Å². The van der Waals surface area contributed by atoms with Crippen LogP contribution in [0.5, 0.6) is 23.0 Å². The molecule has 1 aromatic heterocycles. The molecule has 3 aromatic carbocycles. The number of aromatic nitrogens is 2. The summed E-state index contributed by atoms with van der Waals surface area (Å²) in [5, 5.41) is 0. The van der Waals surface area contributed by atoms with Gasteiger partial charge in [-0.1, -0.05) is 36.4 Å². The van der Waals surface area contributed by atoms with Gasteiger partial charge in [-0.2, -0.15) is 0 Å². The first-order chi connectivity index (χ1) is 15.1. The molecule has 7 nitrogen and oxygen atoms in total. The molecule has 4 rings (SSSR count). The zero-order valence-corrected chi connectivity index (χ0v) is 17.6. The highest BCUT2D eigenvalue weighted by Gasteiger charge is 2.14. The standard InChI is InChI=1S/C24H23N3O4/c1-28-20-12-17(13-21(29-2)23(20)30-3)31-14-15-9-10-18-19(11-15)27-24(25)22(26-18)16-7-5-4-6-8-16/h4-13H,14H2,1-3H3,(H2,25,27). The molecule has 0 radical (unpaired) electrons. The van der Waals surface area contributed by atoms with E-state index >= 15 is 0 Å². The summed E-state index contributed by atoms with van der Waals surface area (Å²) < 4.78 is 22.0. The lowest BCUT2D eigenvalue weighted by Gasteiger charge is -2.15. The summed E-state index contributed by atoms with van der Waals surface area (Å²) in [5.41, 5.74) is 10.2. The molecule has 4 aromatic rings. The summed E-state index contributed by atoms with van der Waals surface area (Å²) in [7, 11) is 4.69. The van der Waals surface area contributed by atoms with Gasteiger partial charge < -0.3 is 24.7 Å². The maximum atomic E-state index is 6.18. The summed E-state index contributed by atoms with van der Waals surface area (Å²) >= 11 is 0. The maximum Gasteiger partial charge on any atom is 0.203 e. The van der Waals surface area contributed by atoms with Crippen LogP contribution in [-0.4, -0.2) is 31.3 Å². The lowest BCUT2D eigenvalue weighted by molar-refractivity contribution is 0.291. The topological polar surface area (TPSA) is 88.7 Å². The monoisotopic (exact) mass is 417 g/mol. The molecule has 0 bridgehead atoms. The van der Waals surface area contributed by atoms with Crippen LogP contribution in [0.25, 0.3) is 22.3 Å². The van der Waals surface area contributed by atoms with Crippen LogP contribution >= 0.6 is 0 Å². The van der Waals surface area contributed by atoms with Crippen LogP contribution in [0.2, 0.25) is 0 Å². The van der Waals surface area contributed by atoms with E-state index < -0.39 is 0 Å². The first-order valence-electron chi connectivity index (χ1n) is 9.67. The van der Waals surface area contributed by atoms with E-state index in [0.29, 0.717) is 46.6 Å². The van der Waals surface area contributed by atoms with Crippen molar-refractivity contribution in [2.24, 2.45) is 0 Å². The number of methoxy groups -OCH3 is 3. The Hall–Kier alpha value is -4.00. The first-order valence-corrected chi connectivity index (χ1v) is 9.67. The highest BCUT2D eigenvalue weighted by molar-refractivity contribution is 5.82. The molecule has 0 aliphatic rings. The molecule has 0 saturated heterocycles. The molecule has 158 valence electrons. The van der Waals surface area contributed by atoms with E-state index in [2.05, 4.69) is 4.98 Å².